The van der Waals surface area contributed by atoms with E-state index in [0.717, 1.165) is 22.4 Å². The van der Waals surface area contributed by atoms with E-state index in [1.54, 1.807) is 18.3 Å². The first-order valence-electron chi connectivity index (χ1n) is 9.87. The van der Waals surface area contributed by atoms with Crippen molar-refractivity contribution in [2.45, 2.75) is 6.42 Å². The molecule has 4 aromatic rings. The lowest BCUT2D eigenvalue weighted by Crippen LogP contribution is -2.16. The minimum absolute atomic E-state index is 0.168. The van der Waals surface area contributed by atoms with E-state index in [9.17, 15) is 4.79 Å². The van der Waals surface area contributed by atoms with Gasteiger partial charge >= 0.3 is 0 Å². The smallest absolute Gasteiger partial charge is 0.230 e. The molecule has 1 N–H and O–H groups in total. The van der Waals surface area contributed by atoms with Gasteiger partial charge in [0.1, 0.15) is 5.69 Å². The van der Waals surface area contributed by atoms with Crippen molar-refractivity contribution in [1.82, 2.24) is 9.97 Å². The maximum absolute atomic E-state index is 12.6. The fourth-order valence-electron chi connectivity index (χ4n) is 3.07. The van der Waals surface area contributed by atoms with Crippen LogP contribution in [-0.2, 0) is 11.2 Å². The normalized spacial score (nSPS) is 10.9. The fraction of sp³-hybridized carbons (Fsp3) is 0.0385. The lowest BCUT2D eigenvalue weighted by molar-refractivity contribution is -0.115. The number of nitrogens with zero attached hydrogens (tertiary/aromatic N) is 2. The first-order chi connectivity index (χ1) is 15.2. The highest BCUT2D eigenvalue weighted by Crippen LogP contribution is 2.21. The van der Waals surface area contributed by atoms with Crippen LogP contribution >= 0.6 is 11.6 Å². The summed E-state index contributed by atoms with van der Waals surface area (Å²) in [6, 6.07) is 27.0. The average Bonchev–Trinajstić information content (AvgIpc) is 2.81. The van der Waals surface area contributed by atoms with Crippen LogP contribution in [0.4, 0.5) is 5.82 Å². The van der Waals surface area contributed by atoms with Crippen molar-refractivity contribution in [2.75, 3.05) is 5.32 Å². The van der Waals surface area contributed by atoms with Gasteiger partial charge in [0.15, 0.2) is 5.82 Å². The summed E-state index contributed by atoms with van der Waals surface area (Å²) in [4.78, 5) is 21.9. The number of hydrogen-bond donors (Lipinski definition) is 1. The Bertz CT molecular complexity index is 1190. The molecule has 4 nitrogen and oxygen atoms in total. The summed E-state index contributed by atoms with van der Waals surface area (Å²) in [5, 5.41) is 3.53. The van der Waals surface area contributed by atoms with Gasteiger partial charge in [0.2, 0.25) is 5.91 Å². The van der Waals surface area contributed by atoms with Crippen molar-refractivity contribution in [1.29, 1.82) is 0 Å². The van der Waals surface area contributed by atoms with Gasteiger partial charge in [-0.05, 0) is 29.3 Å². The number of hydrogen-bond acceptors (Lipinski definition) is 3. The van der Waals surface area contributed by atoms with Gasteiger partial charge < -0.3 is 5.32 Å². The predicted molar refractivity (Wildman–Crippen MR) is 127 cm³/mol. The first kappa shape index (κ1) is 20.5. The van der Waals surface area contributed by atoms with Crippen LogP contribution in [0.15, 0.2) is 91.1 Å². The minimum atomic E-state index is -0.168. The van der Waals surface area contributed by atoms with Crippen LogP contribution in [0.25, 0.3) is 23.4 Å². The molecule has 4 rings (SSSR count). The van der Waals surface area contributed by atoms with Gasteiger partial charge in [-0.3, -0.25) is 4.79 Å². The Balaban J connectivity index is 1.61. The van der Waals surface area contributed by atoms with E-state index < -0.39 is 0 Å². The van der Waals surface area contributed by atoms with E-state index in [1.165, 1.54) is 0 Å². The summed E-state index contributed by atoms with van der Waals surface area (Å²) >= 11 is 5.92. The lowest BCUT2D eigenvalue weighted by Gasteiger charge is -2.10. The minimum Gasteiger partial charge on any atom is -0.309 e. The van der Waals surface area contributed by atoms with E-state index in [4.69, 9.17) is 16.6 Å². The van der Waals surface area contributed by atoms with Crippen LogP contribution in [-0.4, -0.2) is 15.9 Å². The van der Waals surface area contributed by atoms with Gasteiger partial charge in [-0.2, -0.15) is 0 Å². The predicted octanol–water partition coefficient (Wildman–Crippen LogP) is 6.15. The Morgan fingerprint density at radius 2 is 1.55 bits per heavy atom. The van der Waals surface area contributed by atoms with Crippen molar-refractivity contribution in [3.8, 4) is 11.3 Å². The van der Waals surface area contributed by atoms with Crippen molar-refractivity contribution < 1.29 is 4.79 Å². The molecule has 3 aromatic carbocycles. The van der Waals surface area contributed by atoms with Crippen molar-refractivity contribution in [2.24, 2.45) is 0 Å². The third kappa shape index (κ3) is 5.65. The molecule has 1 heterocycles. The number of carbonyl (C=O) groups excluding carboxylic acids is 1. The van der Waals surface area contributed by atoms with Crippen molar-refractivity contribution >= 4 is 35.5 Å². The van der Waals surface area contributed by atoms with Gasteiger partial charge in [0.05, 0.1) is 18.3 Å². The average molecular weight is 426 g/mol. The molecular formula is C26H20ClN3O. The Labute approximate surface area is 186 Å². The molecule has 0 fully saturated rings. The van der Waals surface area contributed by atoms with E-state index >= 15 is 0 Å². The maximum atomic E-state index is 12.6. The molecule has 1 amide bonds. The molecule has 0 saturated heterocycles. The second-order valence-corrected chi connectivity index (χ2v) is 7.39. The number of aromatic nitrogens is 2. The van der Waals surface area contributed by atoms with Crippen molar-refractivity contribution in [3.63, 3.8) is 0 Å². The van der Waals surface area contributed by atoms with Crippen LogP contribution in [0.1, 0.15) is 16.8 Å². The first-order valence-corrected chi connectivity index (χ1v) is 10.2. The second kappa shape index (κ2) is 9.83. The highest BCUT2D eigenvalue weighted by molar-refractivity contribution is 6.30. The van der Waals surface area contributed by atoms with E-state index in [2.05, 4.69) is 10.3 Å². The van der Waals surface area contributed by atoms with E-state index in [1.807, 2.05) is 84.9 Å². The van der Waals surface area contributed by atoms with Crippen LogP contribution in [0.5, 0.6) is 0 Å². The number of rotatable bonds is 6. The highest BCUT2D eigenvalue weighted by atomic mass is 35.5. The Kier molecular flexibility index (Phi) is 6.50. The Morgan fingerprint density at radius 1 is 0.871 bits per heavy atom. The molecule has 0 aliphatic carbocycles. The molecule has 0 aliphatic heterocycles. The van der Waals surface area contributed by atoms with E-state index in [0.29, 0.717) is 16.5 Å². The summed E-state index contributed by atoms with van der Waals surface area (Å²) in [6.45, 7) is 0. The molecule has 0 bridgehead atoms. The summed E-state index contributed by atoms with van der Waals surface area (Å²) in [7, 11) is 0. The number of benzene rings is 3. The Hall–Kier alpha value is -3.76. The number of halogens is 1. The molecule has 0 spiro atoms. The van der Waals surface area contributed by atoms with Crippen molar-refractivity contribution in [3.05, 3.63) is 113 Å². The third-order valence-corrected chi connectivity index (χ3v) is 4.89. The van der Waals surface area contributed by atoms with Crippen LogP contribution in [0.2, 0.25) is 5.02 Å². The van der Waals surface area contributed by atoms with Gasteiger partial charge in [-0.1, -0.05) is 90.5 Å². The zero-order valence-corrected chi connectivity index (χ0v) is 17.5. The summed E-state index contributed by atoms with van der Waals surface area (Å²) < 4.78 is 0. The lowest BCUT2D eigenvalue weighted by atomic mass is 10.1. The van der Waals surface area contributed by atoms with Gasteiger partial charge in [0, 0.05) is 10.6 Å². The monoisotopic (exact) mass is 425 g/mol. The molecular weight excluding hydrogens is 406 g/mol. The second-order valence-electron chi connectivity index (χ2n) is 6.95. The highest BCUT2D eigenvalue weighted by Gasteiger charge is 2.11. The third-order valence-electron chi connectivity index (χ3n) is 4.64. The van der Waals surface area contributed by atoms with Crippen LogP contribution in [0.3, 0.4) is 0 Å². The summed E-state index contributed by atoms with van der Waals surface area (Å²) in [6.07, 6.45) is 5.72. The van der Waals surface area contributed by atoms with Gasteiger partial charge in [-0.25, -0.2) is 9.97 Å². The number of carbonyl (C=O) groups is 1. The number of amides is 1. The van der Waals surface area contributed by atoms with E-state index in [-0.39, 0.29) is 12.3 Å². The zero-order valence-electron chi connectivity index (χ0n) is 16.7. The van der Waals surface area contributed by atoms with Gasteiger partial charge in [0.25, 0.3) is 0 Å². The molecule has 5 heteroatoms. The summed E-state index contributed by atoms with van der Waals surface area (Å²) in [5.74, 6) is 0.254. The molecule has 0 unspecified atom stereocenters. The molecule has 0 radical (unpaired) electrons. The molecule has 0 saturated carbocycles. The molecule has 0 atom stereocenters. The molecule has 0 aliphatic rings. The van der Waals surface area contributed by atoms with Gasteiger partial charge in [-0.15, -0.1) is 0 Å². The fourth-order valence-corrected chi connectivity index (χ4v) is 3.19. The summed E-state index contributed by atoms with van der Waals surface area (Å²) in [5.41, 5.74) is 4.20. The molecule has 31 heavy (non-hydrogen) atoms. The van der Waals surface area contributed by atoms with Crippen LogP contribution in [0, 0.1) is 0 Å². The molecule has 1 aromatic heterocycles. The Morgan fingerprint density at radius 3 is 2.26 bits per heavy atom. The largest absolute Gasteiger partial charge is 0.309 e. The number of nitrogens with one attached hydrogen (secondary N) is 1. The zero-order chi connectivity index (χ0) is 21.5. The topological polar surface area (TPSA) is 54.9 Å². The maximum Gasteiger partial charge on any atom is 0.230 e. The quantitative estimate of drug-likeness (QED) is 0.403. The molecule has 152 valence electrons. The SMILES string of the molecule is O=C(Cc1ccc(Cl)cc1)Nc1ncc(-c2ccccc2)nc1/C=C/c1ccccc1. The number of anilines is 1. The van der Waals surface area contributed by atoms with Crippen LogP contribution < -0.4 is 5.32 Å². The standard InChI is InChI=1S/C26H20ClN3O/c27-22-14-11-20(12-15-22)17-25(31)30-26-23(16-13-19-7-3-1-4-8-19)29-24(18-28-26)21-9-5-2-6-10-21/h1-16,18H,17H2,(H,28,30,31)/b16-13+.